The van der Waals surface area contributed by atoms with Gasteiger partial charge < -0.3 is 15.0 Å². The van der Waals surface area contributed by atoms with Gasteiger partial charge >= 0.3 is 0 Å². The van der Waals surface area contributed by atoms with Crippen LogP contribution in [0.1, 0.15) is 17.5 Å². The second kappa shape index (κ2) is 7.62. The number of rotatable bonds is 6. The van der Waals surface area contributed by atoms with Gasteiger partial charge in [-0.25, -0.2) is 0 Å². The van der Waals surface area contributed by atoms with Gasteiger partial charge in [0.1, 0.15) is 5.75 Å². The van der Waals surface area contributed by atoms with Crippen molar-refractivity contribution in [1.82, 2.24) is 9.88 Å². The van der Waals surface area contributed by atoms with Crippen LogP contribution in [0.25, 0.3) is 10.9 Å². The second-order valence-corrected chi connectivity index (χ2v) is 6.63. The van der Waals surface area contributed by atoms with Gasteiger partial charge in [-0.2, -0.15) is 0 Å². The molecule has 5 heteroatoms. The smallest absolute Gasteiger partial charge is 0.220 e. The Balaban J connectivity index is 1.51. The molecule has 4 nitrogen and oxygen atoms in total. The summed E-state index contributed by atoms with van der Waals surface area (Å²) in [5.74, 6) is 0.296. The molecule has 130 valence electrons. The topological polar surface area (TPSA) is 54.3 Å². The maximum Gasteiger partial charge on any atom is 0.220 e. The highest BCUT2D eigenvalue weighted by molar-refractivity contribution is 6.30. The van der Waals surface area contributed by atoms with E-state index in [2.05, 4.69) is 5.32 Å². The minimum absolute atomic E-state index is 0.0398. The summed E-state index contributed by atoms with van der Waals surface area (Å²) in [4.78, 5) is 12.0. The quantitative estimate of drug-likeness (QED) is 0.705. The molecule has 0 atom stereocenters. The Kier molecular flexibility index (Phi) is 5.29. The fourth-order valence-corrected chi connectivity index (χ4v) is 3.12. The van der Waals surface area contributed by atoms with Gasteiger partial charge in [0.05, 0.1) is 0 Å². The van der Waals surface area contributed by atoms with Crippen molar-refractivity contribution >= 4 is 28.4 Å². The molecular formula is C20H21ClN2O2. The third-order valence-electron chi connectivity index (χ3n) is 4.33. The van der Waals surface area contributed by atoms with Gasteiger partial charge in [-0.15, -0.1) is 0 Å². The summed E-state index contributed by atoms with van der Waals surface area (Å²) in [5, 5.41) is 14.4. The first-order chi connectivity index (χ1) is 12.0. The molecule has 0 aliphatic rings. The number of benzene rings is 2. The molecular weight excluding hydrogens is 336 g/mol. The summed E-state index contributed by atoms with van der Waals surface area (Å²) in [6.45, 7) is 0.578. The van der Waals surface area contributed by atoms with Crippen LogP contribution in [0.3, 0.4) is 0 Å². The lowest BCUT2D eigenvalue weighted by Gasteiger charge is -2.05. The summed E-state index contributed by atoms with van der Waals surface area (Å²) >= 11 is 5.86. The zero-order valence-corrected chi connectivity index (χ0v) is 14.9. The second-order valence-electron chi connectivity index (χ2n) is 6.19. The molecule has 0 unspecified atom stereocenters. The van der Waals surface area contributed by atoms with Crippen molar-refractivity contribution in [3.8, 4) is 5.75 Å². The predicted octanol–water partition coefficient (Wildman–Crippen LogP) is 3.83. The van der Waals surface area contributed by atoms with Crippen LogP contribution in [0.2, 0.25) is 5.02 Å². The van der Waals surface area contributed by atoms with Crippen LogP contribution in [-0.4, -0.2) is 22.1 Å². The van der Waals surface area contributed by atoms with E-state index < -0.39 is 0 Å². The number of aromatic nitrogens is 1. The first-order valence-electron chi connectivity index (χ1n) is 8.31. The van der Waals surface area contributed by atoms with E-state index in [9.17, 15) is 9.90 Å². The third-order valence-corrected chi connectivity index (χ3v) is 4.58. The number of halogens is 1. The Labute approximate surface area is 152 Å². The van der Waals surface area contributed by atoms with Crippen LogP contribution in [0.4, 0.5) is 0 Å². The standard InChI is InChI=1S/C20H21ClN2O2/c1-23-13-15(18-12-17(24)7-8-19(18)23)10-11-22-20(25)9-4-14-2-5-16(21)6-3-14/h2-3,5-8,12-13,24H,4,9-11H2,1H3,(H,22,25). The van der Waals surface area contributed by atoms with E-state index in [4.69, 9.17) is 11.6 Å². The van der Waals surface area contributed by atoms with E-state index in [1.54, 1.807) is 12.1 Å². The van der Waals surface area contributed by atoms with Crippen molar-refractivity contribution in [2.45, 2.75) is 19.3 Å². The fraction of sp³-hybridized carbons (Fsp3) is 0.250. The van der Waals surface area contributed by atoms with Gasteiger partial charge in [-0.05, 0) is 54.3 Å². The summed E-state index contributed by atoms with van der Waals surface area (Å²) in [6, 6.07) is 12.9. The number of nitrogens with zero attached hydrogens (tertiary/aromatic N) is 1. The maximum atomic E-state index is 12.0. The van der Waals surface area contributed by atoms with Crippen LogP contribution in [-0.2, 0) is 24.7 Å². The van der Waals surface area contributed by atoms with Gasteiger partial charge in [-0.3, -0.25) is 4.79 Å². The number of aryl methyl sites for hydroxylation is 2. The van der Waals surface area contributed by atoms with E-state index in [1.165, 1.54) is 0 Å². The molecule has 0 saturated carbocycles. The number of carbonyl (C=O) groups excluding carboxylic acids is 1. The van der Waals surface area contributed by atoms with Gasteiger partial charge in [0.15, 0.2) is 0 Å². The number of phenols is 1. The van der Waals surface area contributed by atoms with Crippen molar-refractivity contribution in [2.75, 3.05) is 6.54 Å². The van der Waals surface area contributed by atoms with E-state index in [1.807, 2.05) is 48.1 Å². The van der Waals surface area contributed by atoms with Crippen molar-refractivity contribution in [3.05, 3.63) is 64.8 Å². The minimum atomic E-state index is 0.0398. The first-order valence-corrected chi connectivity index (χ1v) is 8.69. The number of aromatic hydroxyl groups is 1. The number of nitrogens with one attached hydrogen (secondary N) is 1. The summed E-state index contributed by atoms with van der Waals surface area (Å²) in [5.41, 5.74) is 3.29. The number of carbonyl (C=O) groups is 1. The molecule has 3 aromatic rings. The molecule has 0 fully saturated rings. The molecule has 3 rings (SSSR count). The Morgan fingerprint density at radius 3 is 2.68 bits per heavy atom. The normalized spacial score (nSPS) is 11.0. The summed E-state index contributed by atoms with van der Waals surface area (Å²) in [7, 11) is 1.98. The molecule has 1 heterocycles. The summed E-state index contributed by atoms with van der Waals surface area (Å²) in [6.07, 6.45) is 3.93. The molecule has 0 spiro atoms. The molecule has 2 N–H and O–H groups in total. The van der Waals surface area contributed by atoms with E-state index in [0.717, 1.165) is 28.5 Å². The molecule has 0 radical (unpaired) electrons. The zero-order chi connectivity index (χ0) is 17.8. The Bertz CT molecular complexity index is 885. The Hall–Kier alpha value is -2.46. The van der Waals surface area contributed by atoms with Gasteiger partial charge in [0.2, 0.25) is 5.91 Å². The van der Waals surface area contributed by atoms with Crippen molar-refractivity contribution in [3.63, 3.8) is 0 Å². The van der Waals surface area contributed by atoms with Crippen LogP contribution < -0.4 is 5.32 Å². The van der Waals surface area contributed by atoms with Crippen molar-refractivity contribution in [2.24, 2.45) is 7.05 Å². The number of fused-ring (bicyclic) bond motifs is 1. The highest BCUT2D eigenvalue weighted by Gasteiger charge is 2.08. The Morgan fingerprint density at radius 1 is 1.16 bits per heavy atom. The lowest BCUT2D eigenvalue weighted by Crippen LogP contribution is -2.25. The molecule has 0 bridgehead atoms. The van der Waals surface area contributed by atoms with E-state index in [-0.39, 0.29) is 11.7 Å². The SMILES string of the molecule is Cn1cc(CCNC(=O)CCc2ccc(Cl)cc2)c2cc(O)ccc21. The van der Waals surface area contributed by atoms with Crippen molar-refractivity contribution in [1.29, 1.82) is 0 Å². The minimum Gasteiger partial charge on any atom is -0.508 e. The molecule has 1 aromatic heterocycles. The zero-order valence-electron chi connectivity index (χ0n) is 14.1. The Morgan fingerprint density at radius 2 is 1.92 bits per heavy atom. The average Bonchev–Trinajstić information content (AvgIpc) is 2.90. The first kappa shape index (κ1) is 17.4. The third kappa shape index (κ3) is 4.34. The van der Waals surface area contributed by atoms with Gasteiger partial charge in [0, 0.05) is 42.1 Å². The number of hydrogen-bond acceptors (Lipinski definition) is 2. The van der Waals surface area contributed by atoms with Crippen LogP contribution in [0, 0.1) is 0 Å². The number of amides is 1. The molecule has 0 aliphatic heterocycles. The van der Waals surface area contributed by atoms with Crippen molar-refractivity contribution < 1.29 is 9.90 Å². The largest absolute Gasteiger partial charge is 0.508 e. The monoisotopic (exact) mass is 356 g/mol. The number of hydrogen-bond donors (Lipinski definition) is 2. The predicted molar refractivity (Wildman–Crippen MR) is 101 cm³/mol. The fourth-order valence-electron chi connectivity index (χ4n) is 2.99. The maximum absolute atomic E-state index is 12.0. The molecule has 2 aromatic carbocycles. The summed E-state index contributed by atoms with van der Waals surface area (Å²) < 4.78 is 2.03. The molecule has 0 saturated heterocycles. The lowest BCUT2D eigenvalue weighted by molar-refractivity contribution is -0.121. The number of phenolic OH excluding ortho intramolecular Hbond substituents is 1. The van der Waals surface area contributed by atoms with Crippen LogP contribution in [0.15, 0.2) is 48.7 Å². The van der Waals surface area contributed by atoms with E-state index >= 15 is 0 Å². The van der Waals surface area contributed by atoms with Gasteiger partial charge in [0.25, 0.3) is 0 Å². The highest BCUT2D eigenvalue weighted by atomic mass is 35.5. The molecule has 25 heavy (non-hydrogen) atoms. The lowest BCUT2D eigenvalue weighted by atomic mass is 10.1. The average molecular weight is 357 g/mol. The van der Waals surface area contributed by atoms with Crippen LogP contribution >= 0.6 is 11.6 Å². The molecule has 1 amide bonds. The highest BCUT2D eigenvalue weighted by Crippen LogP contribution is 2.25. The van der Waals surface area contributed by atoms with E-state index in [0.29, 0.717) is 24.4 Å². The molecule has 0 aliphatic carbocycles. The van der Waals surface area contributed by atoms with Gasteiger partial charge in [-0.1, -0.05) is 23.7 Å². The van der Waals surface area contributed by atoms with Crippen LogP contribution in [0.5, 0.6) is 5.75 Å².